The number of thioether (sulfide) groups is 1. The third kappa shape index (κ3) is 3.36. The molecule has 0 atom stereocenters. The van der Waals surface area contributed by atoms with E-state index in [1.54, 1.807) is 7.05 Å². The topological polar surface area (TPSA) is 59.3 Å². The number of nitrogens with zero attached hydrogens (tertiary/aromatic N) is 3. The number of amidine groups is 1. The Morgan fingerprint density at radius 3 is 2.96 bits per heavy atom. The summed E-state index contributed by atoms with van der Waals surface area (Å²) in [5, 5.41) is 8.50. The summed E-state index contributed by atoms with van der Waals surface area (Å²) in [5.41, 5.74) is 4.83. The summed E-state index contributed by atoms with van der Waals surface area (Å²) in [6, 6.07) is 14.9. The molecule has 5 nitrogen and oxygen atoms in total. The van der Waals surface area contributed by atoms with E-state index in [1.165, 1.54) is 35.7 Å². The standard InChI is InChI=1S/C22H20N4OS/c1-23-21-20(28-22(27)24-21)11-14-6-9-19-17(10-14)13-26(25-19)12-16-4-2-3-5-18(16)15-7-8-15/h2-6,9-11,13,15H,7-8,12H2,1H3,(H,23,24,27)/b20-11-. The van der Waals surface area contributed by atoms with Gasteiger partial charge in [0.05, 0.1) is 17.0 Å². The normalized spacial score (nSPS) is 19.7. The second-order valence-electron chi connectivity index (χ2n) is 7.21. The number of nitrogens with one attached hydrogen (secondary N) is 1. The van der Waals surface area contributed by atoms with Crippen LogP contribution in [-0.2, 0) is 6.54 Å². The van der Waals surface area contributed by atoms with E-state index in [-0.39, 0.29) is 5.24 Å². The number of aromatic nitrogens is 2. The Morgan fingerprint density at radius 1 is 1.29 bits per heavy atom. The molecule has 1 saturated heterocycles. The molecule has 6 heteroatoms. The van der Waals surface area contributed by atoms with E-state index in [4.69, 9.17) is 5.10 Å². The molecule has 2 aromatic carbocycles. The Morgan fingerprint density at radius 2 is 2.14 bits per heavy atom. The van der Waals surface area contributed by atoms with E-state index in [9.17, 15) is 4.79 Å². The summed E-state index contributed by atoms with van der Waals surface area (Å²) in [5.74, 6) is 1.36. The highest BCUT2D eigenvalue weighted by atomic mass is 32.2. The van der Waals surface area contributed by atoms with Gasteiger partial charge in [0.2, 0.25) is 0 Å². The number of fused-ring (bicyclic) bond motifs is 1. The quantitative estimate of drug-likeness (QED) is 0.699. The van der Waals surface area contributed by atoms with Crippen LogP contribution in [0.15, 0.2) is 58.6 Å². The zero-order valence-electron chi connectivity index (χ0n) is 15.6. The van der Waals surface area contributed by atoms with Gasteiger partial charge < -0.3 is 5.32 Å². The van der Waals surface area contributed by atoms with Crippen molar-refractivity contribution in [2.24, 2.45) is 4.99 Å². The van der Waals surface area contributed by atoms with Crippen molar-refractivity contribution in [2.45, 2.75) is 25.3 Å². The Hall–Kier alpha value is -2.86. The Kier molecular flexibility index (Phi) is 4.28. The highest BCUT2D eigenvalue weighted by Gasteiger charge is 2.25. The largest absolute Gasteiger partial charge is 0.300 e. The second-order valence-corrected chi connectivity index (χ2v) is 8.23. The number of hydrogen-bond donors (Lipinski definition) is 1. The molecule has 1 aliphatic carbocycles. The zero-order chi connectivity index (χ0) is 19.1. The van der Waals surface area contributed by atoms with Crippen molar-refractivity contribution in [2.75, 3.05) is 7.05 Å². The van der Waals surface area contributed by atoms with Crippen LogP contribution >= 0.6 is 11.8 Å². The van der Waals surface area contributed by atoms with Crippen LogP contribution in [0.5, 0.6) is 0 Å². The fourth-order valence-corrected chi connectivity index (χ4v) is 4.44. The van der Waals surface area contributed by atoms with Crippen LogP contribution in [0.1, 0.15) is 35.4 Å². The summed E-state index contributed by atoms with van der Waals surface area (Å²) in [7, 11) is 1.68. The van der Waals surface area contributed by atoms with Gasteiger partial charge in [-0.05, 0) is 65.4 Å². The predicted molar refractivity (Wildman–Crippen MR) is 115 cm³/mol. The van der Waals surface area contributed by atoms with Gasteiger partial charge in [0.1, 0.15) is 5.84 Å². The molecule has 1 aromatic heterocycles. The van der Waals surface area contributed by atoms with Crippen LogP contribution in [0, 0.1) is 0 Å². The lowest BCUT2D eigenvalue weighted by atomic mass is 10.0. The lowest BCUT2D eigenvalue weighted by molar-refractivity contribution is 0.265. The maximum absolute atomic E-state index is 11.6. The molecule has 5 rings (SSSR count). The average Bonchev–Trinajstić information content (AvgIpc) is 3.37. The molecule has 3 aromatic rings. The Bertz CT molecular complexity index is 1140. The number of carbonyl (C=O) groups excluding carboxylic acids is 1. The van der Waals surface area contributed by atoms with E-state index in [2.05, 4.69) is 46.8 Å². The SMILES string of the molecule is CN=C1NC(=O)S/C1=C\c1ccc2nn(Cc3ccccc3C3CC3)cc2c1. The van der Waals surface area contributed by atoms with Crippen LogP contribution in [-0.4, -0.2) is 27.9 Å². The van der Waals surface area contributed by atoms with E-state index in [0.29, 0.717) is 5.84 Å². The number of amides is 1. The van der Waals surface area contributed by atoms with E-state index >= 15 is 0 Å². The van der Waals surface area contributed by atoms with Gasteiger partial charge in [-0.1, -0.05) is 30.3 Å². The van der Waals surface area contributed by atoms with E-state index in [0.717, 1.165) is 33.8 Å². The van der Waals surface area contributed by atoms with Crippen molar-refractivity contribution in [3.63, 3.8) is 0 Å². The zero-order valence-corrected chi connectivity index (χ0v) is 16.4. The molecule has 28 heavy (non-hydrogen) atoms. The molecule has 0 bridgehead atoms. The summed E-state index contributed by atoms with van der Waals surface area (Å²) >= 11 is 1.18. The third-order valence-electron chi connectivity index (χ3n) is 5.16. The van der Waals surface area contributed by atoms with Gasteiger partial charge in [-0.15, -0.1) is 0 Å². The van der Waals surface area contributed by atoms with Gasteiger partial charge in [0, 0.05) is 18.6 Å². The van der Waals surface area contributed by atoms with Crippen LogP contribution in [0.25, 0.3) is 17.0 Å². The third-order valence-corrected chi connectivity index (χ3v) is 5.98. The first-order valence-corrected chi connectivity index (χ1v) is 10.2. The number of hydrogen-bond acceptors (Lipinski definition) is 4. The van der Waals surface area contributed by atoms with Crippen molar-refractivity contribution < 1.29 is 4.79 Å². The number of benzene rings is 2. The number of aliphatic imine (C=N–C) groups is 1. The highest BCUT2D eigenvalue weighted by molar-refractivity contribution is 8.18. The lowest BCUT2D eigenvalue weighted by Gasteiger charge is -2.08. The van der Waals surface area contributed by atoms with Crippen molar-refractivity contribution >= 4 is 39.8 Å². The molecule has 2 heterocycles. The minimum absolute atomic E-state index is 0.0879. The Labute approximate surface area is 167 Å². The molecule has 0 unspecified atom stereocenters. The van der Waals surface area contributed by atoms with Gasteiger partial charge in [-0.25, -0.2) is 0 Å². The van der Waals surface area contributed by atoms with Gasteiger partial charge in [0.15, 0.2) is 0 Å². The van der Waals surface area contributed by atoms with Crippen LogP contribution in [0.3, 0.4) is 0 Å². The molecule has 140 valence electrons. The summed E-state index contributed by atoms with van der Waals surface area (Å²) < 4.78 is 2.02. The van der Waals surface area contributed by atoms with Gasteiger partial charge in [-0.3, -0.25) is 14.5 Å². The van der Waals surface area contributed by atoms with Crippen molar-refractivity contribution in [1.29, 1.82) is 0 Å². The first-order chi connectivity index (χ1) is 13.7. The lowest BCUT2D eigenvalue weighted by Crippen LogP contribution is -2.18. The van der Waals surface area contributed by atoms with E-state index in [1.807, 2.05) is 22.9 Å². The second kappa shape index (κ2) is 6.95. The molecule has 0 radical (unpaired) electrons. The first-order valence-electron chi connectivity index (χ1n) is 9.42. The number of rotatable bonds is 4. The summed E-state index contributed by atoms with van der Waals surface area (Å²) in [6.45, 7) is 0.790. The molecular formula is C22H20N4OS. The fraction of sp³-hybridized carbons (Fsp3) is 0.227. The first kappa shape index (κ1) is 17.3. The van der Waals surface area contributed by atoms with Crippen molar-refractivity contribution in [3.8, 4) is 0 Å². The smallest absolute Gasteiger partial charge is 0.289 e. The van der Waals surface area contributed by atoms with Gasteiger partial charge >= 0.3 is 0 Å². The number of carbonyl (C=O) groups is 1. The van der Waals surface area contributed by atoms with Crippen LogP contribution in [0.4, 0.5) is 4.79 Å². The van der Waals surface area contributed by atoms with Crippen molar-refractivity contribution in [1.82, 2.24) is 15.1 Å². The maximum atomic E-state index is 11.6. The van der Waals surface area contributed by atoms with Gasteiger partial charge in [0.25, 0.3) is 5.24 Å². The van der Waals surface area contributed by atoms with Crippen LogP contribution < -0.4 is 5.32 Å². The maximum Gasteiger partial charge on any atom is 0.289 e. The minimum Gasteiger partial charge on any atom is -0.300 e. The molecule has 1 aliphatic heterocycles. The predicted octanol–water partition coefficient (Wildman–Crippen LogP) is 4.79. The van der Waals surface area contributed by atoms with Gasteiger partial charge in [-0.2, -0.15) is 5.10 Å². The fourth-order valence-electron chi connectivity index (χ4n) is 3.66. The molecule has 1 saturated carbocycles. The highest BCUT2D eigenvalue weighted by Crippen LogP contribution is 2.41. The van der Waals surface area contributed by atoms with E-state index < -0.39 is 0 Å². The minimum atomic E-state index is -0.0879. The summed E-state index contributed by atoms with van der Waals surface area (Å²) in [4.78, 5) is 16.6. The molecule has 2 aliphatic rings. The molecule has 1 amide bonds. The molecule has 1 N–H and O–H groups in total. The van der Waals surface area contributed by atoms with Crippen molar-refractivity contribution in [3.05, 3.63) is 70.3 Å². The molecule has 0 spiro atoms. The summed E-state index contributed by atoms with van der Waals surface area (Å²) in [6.07, 6.45) is 6.69. The average molecular weight is 388 g/mol. The molecule has 2 fully saturated rings. The molecular weight excluding hydrogens is 368 g/mol. The van der Waals surface area contributed by atoms with Crippen LogP contribution in [0.2, 0.25) is 0 Å². The Balaban J connectivity index is 1.44. The monoisotopic (exact) mass is 388 g/mol.